The van der Waals surface area contributed by atoms with Crippen LogP contribution in [0.25, 0.3) is 0 Å². The number of ether oxygens (including phenoxy) is 1. The van der Waals surface area contributed by atoms with Gasteiger partial charge in [-0.05, 0) is 39.2 Å². The molecule has 0 bridgehead atoms. The maximum absolute atomic E-state index is 9.78. The summed E-state index contributed by atoms with van der Waals surface area (Å²) in [6.07, 6.45) is 2.38. The molecule has 2 unspecified atom stereocenters. The highest BCUT2D eigenvalue weighted by Crippen LogP contribution is 2.30. The van der Waals surface area contributed by atoms with Gasteiger partial charge in [-0.2, -0.15) is 0 Å². The van der Waals surface area contributed by atoms with Gasteiger partial charge in [-0.25, -0.2) is 0 Å². The fraction of sp³-hybridized carbons (Fsp3) is 0.571. The number of hydrogen-bond acceptors (Lipinski definition) is 3. The molecule has 1 fully saturated rings. The Morgan fingerprint density at radius 3 is 2.76 bits per heavy atom. The van der Waals surface area contributed by atoms with E-state index in [2.05, 4.69) is 6.07 Å². The molecular weight excluding hydrogens is 214 g/mol. The second-order valence-corrected chi connectivity index (χ2v) is 4.98. The lowest BCUT2D eigenvalue weighted by Crippen LogP contribution is -2.26. The van der Waals surface area contributed by atoms with Crippen LogP contribution < -0.4 is 10.5 Å². The number of aryl methyl sites for hydroxylation is 1. The Morgan fingerprint density at radius 2 is 2.18 bits per heavy atom. The standard InChI is InChI=1S/C14H21NO2/c1-9-6-7-13(11(8-9)10(2)15)17-14-5-3-4-12(14)16/h6-8,10,12,14,16H,3-5,15H2,1-2H3/t10-,12?,14?/m0/s1. The van der Waals surface area contributed by atoms with Gasteiger partial charge in [-0.3, -0.25) is 0 Å². The summed E-state index contributed by atoms with van der Waals surface area (Å²) < 4.78 is 5.90. The molecule has 3 heteroatoms. The van der Waals surface area contributed by atoms with Crippen LogP contribution in [-0.2, 0) is 0 Å². The van der Waals surface area contributed by atoms with Crippen molar-refractivity contribution in [2.45, 2.75) is 51.4 Å². The molecule has 0 saturated heterocycles. The summed E-state index contributed by atoms with van der Waals surface area (Å²) in [5, 5.41) is 9.78. The fourth-order valence-corrected chi connectivity index (χ4v) is 2.34. The van der Waals surface area contributed by atoms with Crippen LogP contribution in [0.1, 0.15) is 43.4 Å². The van der Waals surface area contributed by atoms with Gasteiger partial charge in [0.15, 0.2) is 0 Å². The normalized spacial score (nSPS) is 25.9. The summed E-state index contributed by atoms with van der Waals surface area (Å²) in [5.74, 6) is 0.816. The Bertz CT molecular complexity index is 390. The van der Waals surface area contributed by atoms with Crippen LogP contribution >= 0.6 is 0 Å². The van der Waals surface area contributed by atoms with Gasteiger partial charge in [0.25, 0.3) is 0 Å². The minimum absolute atomic E-state index is 0.0524. The van der Waals surface area contributed by atoms with Gasteiger partial charge in [0.05, 0.1) is 6.10 Å². The zero-order valence-electron chi connectivity index (χ0n) is 10.5. The number of benzene rings is 1. The summed E-state index contributed by atoms with van der Waals surface area (Å²) in [7, 11) is 0. The molecule has 3 atom stereocenters. The second kappa shape index (κ2) is 5.07. The van der Waals surface area contributed by atoms with Gasteiger partial charge in [0.1, 0.15) is 11.9 Å². The predicted octanol–water partition coefficient (Wildman–Crippen LogP) is 2.31. The molecule has 3 N–H and O–H groups in total. The van der Waals surface area contributed by atoms with Gasteiger partial charge in [0.2, 0.25) is 0 Å². The Balaban J connectivity index is 2.19. The van der Waals surface area contributed by atoms with Crippen molar-refractivity contribution in [3.8, 4) is 5.75 Å². The average molecular weight is 235 g/mol. The van der Waals surface area contributed by atoms with Crippen molar-refractivity contribution in [3.63, 3.8) is 0 Å². The molecule has 1 aromatic rings. The average Bonchev–Trinajstić information content (AvgIpc) is 2.67. The van der Waals surface area contributed by atoms with Crippen molar-refractivity contribution < 1.29 is 9.84 Å². The second-order valence-electron chi connectivity index (χ2n) is 4.98. The lowest BCUT2D eigenvalue weighted by Gasteiger charge is -2.21. The van der Waals surface area contributed by atoms with Crippen molar-refractivity contribution >= 4 is 0 Å². The van der Waals surface area contributed by atoms with Crippen molar-refractivity contribution in [2.75, 3.05) is 0 Å². The lowest BCUT2D eigenvalue weighted by molar-refractivity contribution is 0.0596. The number of rotatable bonds is 3. The van der Waals surface area contributed by atoms with Crippen LogP contribution in [0.15, 0.2) is 18.2 Å². The van der Waals surface area contributed by atoms with Gasteiger partial charge in [0, 0.05) is 11.6 Å². The highest BCUT2D eigenvalue weighted by molar-refractivity contribution is 5.39. The molecule has 0 heterocycles. The van der Waals surface area contributed by atoms with E-state index in [-0.39, 0.29) is 18.2 Å². The van der Waals surface area contributed by atoms with Crippen molar-refractivity contribution in [1.29, 1.82) is 0 Å². The van der Waals surface area contributed by atoms with Crippen molar-refractivity contribution in [1.82, 2.24) is 0 Å². The summed E-state index contributed by atoms with van der Waals surface area (Å²) in [6, 6.07) is 5.98. The number of aliphatic hydroxyl groups excluding tert-OH is 1. The number of aliphatic hydroxyl groups is 1. The molecule has 0 spiro atoms. The zero-order valence-corrected chi connectivity index (χ0v) is 10.5. The molecule has 17 heavy (non-hydrogen) atoms. The third-order valence-electron chi connectivity index (χ3n) is 3.35. The van der Waals surface area contributed by atoms with E-state index in [0.717, 1.165) is 30.6 Å². The molecule has 0 aliphatic heterocycles. The third-order valence-corrected chi connectivity index (χ3v) is 3.35. The van der Waals surface area contributed by atoms with E-state index in [1.54, 1.807) is 0 Å². The molecule has 1 saturated carbocycles. The monoisotopic (exact) mass is 235 g/mol. The van der Waals surface area contributed by atoms with Crippen molar-refractivity contribution in [3.05, 3.63) is 29.3 Å². The Morgan fingerprint density at radius 1 is 1.41 bits per heavy atom. The van der Waals surface area contributed by atoms with E-state index in [4.69, 9.17) is 10.5 Å². The van der Waals surface area contributed by atoms with Crippen LogP contribution in [0.5, 0.6) is 5.75 Å². The third kappa shape index (κ3) is 2.79. The largest absolute Gasteiger partial charge is 0.487 e. The maximum Gasteiger partial charge on any atom is 0.124 e. The van der Waals surface area contributed by atoms with Gasteiger partial charge in [-0.1, -0.05) is 17.7 Å². The maximum atomic E-state index is 9.78. The SMILES string of the molecule is Cc1ccc(OC2CCCC2O)c([C@H](C)N)c1. The van der Waals surface area contributed by atoms with E-state index >= 15 is 0 Å². The van der Waals surface area contributed by atoms with Gasteiger partial charge in [-0.15, -0.1) is 0 Å². The van der Waals surface area contributed by atoms with Gasteiger partial charge >= 0.3 is 0 Å². The van der Waals surface area contributed by atoms with Crippen LogP contribution in [0.3, 0.4) is 0 Å². The van der Waals surface area contributed by atoms with Gasteiger partial charge < -0.3 is 15.6 Å². The molecule has 0 amide bonds. The highest BCUT2D eigenvalue weighted by Gasteiger charge is 2.27. The molecular formula is C14H21NO2. The van der Waals surface area contributed by atoms with Crippen molar-refractivity contribution in [2.24, 2.45) is 5.73 Å². The fourth-order valence-electron chi connectivity index (χ4n) is 2.34. The Hall–Kier alpha value is -1.06. The summed E-state index contributed by atoms with van der Waals surface area (Å²) in [5.41, 5.74) is 8.14. The molecule has 2 rings (SSSR count). The molecule has 94 valence electrons. The lowest BCUT2D eigenvalue weighted by atomic mass is 10.0. The Kier molecular flexibility index (Phi) is 3.69. The molecule has 1 aliphatic carbocycles. The minimum Gasteiger partial charge on any atom is -0.487 e. The first-order chi connectivity index (χ1) is 8.08. The van der Waals surface area contributed by atoms with E-state index < -0.39 is 0 Å². The van der Waals surface area contributed by atoms with E-state index in [1.165, 1.54) is 5.56 Å². The first-order valence-electron chi connectivity index (χ1n) is 6.29. The number of hydrogen-bond donors (Lipinski definition) is 2. The molecule has 0 radical (unpaired) electrons. The molecule has 3 nitrogen and oxygen atoms in total. The smallest absolute Gasteiger partial charge is 0.124 e. The van der Waals surface area contributed by atoms with E-state index in [0.29, 0.717) is 0 Å². The van der Waals surface area contributed by atoms with E-state index in [9.17, 15) is 5.11 Å². The summed E-state index contributed by atoms with van der Waals surface area (Å²) in [4.78, 5) is 0. The number of nitrogens with two attached hydrogens (primary N) is 1. The predicted molar refractivity (Wildman–Crippen MR) is 68.1 cm³/mol. The molecule has 1 aromatic carbocycles. The first-order valence-corrected chi connectivity index (χ1v) is 6.29. The summed E-state index contributed by atoms with van der Waals surface area (Å²) in [6.45, 7) is 3.99. The zero-order chi connectivity index (χ0) is 12.4. The van der Waals surface area contributed by atoms with Crippen LogP contribution in [0.2, 0.25) is 0 Å². The van der Waals surface area contributed by atoms with Crippen LogP contribution in [0.4, 0.5) is 0 Å². The molecule has 1 aliphatic rings. The van der Waals surface area contributed by atoms with E-state index in [1.807, 2.05) is 26.0 Å². The Labute approximate surface area is 103 Å². The first kappa shape index (κ1) is 12.4. The summed E-state index contributed by atoms with van der Waals surface area (Å²) >= 11 is 0. The quantitative estimate of drug-likeness (QED) is 0.845. The highest BCUT2D eigenvalue weighted by atomic mass is 16.5. The topological polar surface area (TPSA) is 55.5 Å². The molecule has 0 aromatic heterocycles. The van der Waals surface area contributed by atoms with Crippen LogP contribution in [-0.4, -0.2) is 17.3 Å². The minimum atomic E-state index is -0.336. The van der Waals surface area contributed by atoms with Crippen LogP contribution in [0, 0.1) is 6.92 Å².